The minimum absolute atomic E-state index is 0.209. The molecule has 4 aromatic carbocycles. The Morgan fingerprint density at radius 2 is 0.941 bits per heavy atom. The highest BCUT2D eigenvalue weighted by molar-refractivity contribution is 6.32. The van der Waals surface area contributed by atoms with Gasteiger partial charge < -0.3 is 18.9 Å². The first-order valence-electron chi connectivity index (χ1n) is 10.2. The van der Waals surface area contributed by atoms with Gasteiger partial charge in [0.25, 0.3) is 0 Å². The Labute approximate surface area is 193 Å². The number of hydrogen-bond acceptors (Lipinski definition) is 8. The summed E-state index contributed by atoms with van der Waals surface area (Å²) in [4.78, 5) is 52.0. The van der Waals surface area contributed by atoms with Gasteiger partial charge >= 0.3 is 23.9 Å². The van der Waals surface area contributed by atoms with Gasteiger partial charge in [0, 0.05) is 5.39 Å². The fraction of sp³-hybridized carbons (Fsp3) is 0.154. The molecule has 0 fully saturated rings. The molecule has 34 heavy (non-hydrogen) atoms. The Morgan fingerprint density at radius 1 is 0.471 bits per heavy atom. The van der Waals surface area contributed by atoms with Gasteiger partial charge in [0.1, 0.15) is 0 Å². The van der Waals surface area contributed by atoms with Gasteiger partial charge in [-0.3, -0.25) is 0 Å². The third-order valence-corrected chi connectivity index (χ3v) is 5.74. The predicted octanol–water partition coefficient (Wildman–Crippen LogP) is 4.29. The fourth-order valence-electron chi connectivity index (χ4n) is 4.31. The summed E-state index contributed by atoms with van der Waals surface area (Å²) < 4.78 is 19.8. The van der Waals surface area contributed by atoms with E-state index in [0.29, 0.717) is 5.39 Å². The molecule has 0 heterocycles. The number of carbonyl (C=O) groups excluding carboxylic acids is 4. The lowest BCUT2D eigenvalue weighted by molar-refractivity contribution is 0.0524. The molecule has 0 aliphatic rings. The van der Waals surface area contributed by atoms with Crippen molar-refractivity contribution in [3.63, 3.8) is 0 Å². The highest BCUT2D eigenvalue weighted by Gasteiger charge is 2.36. The molecule has 4 aromatic rings. The van der Waals surface area contributed by atoms with Crippen LogP contribution in [0.4, 0.5) is 0 Å². The van der Waals surface area contributed by atoms with E-state index < -0.39 is 35.0 Å². The van der Waals surface area contributed by atoms with Gasteiger partial charge in [-0.05, 0) is 26.9 Å². The maximum absolute atomic E-state index is 13.2. The smallest absolute Gasteiger partial charge is 0.339 e. The summed E-state index contributed by atoms with van der Waals surface area (Å²) in [6.45, 7) is 0. The number of carbonyl (C=O) groups is 4. The van der Waals surface area contributed by atoms with Crippen LogP contribution in [0.1, 0.15) is 41.4 Å². The number of esters is 4. The fourth-order valence-corrected chi connectivity index (χ4v) is 4.31. The largest absolute Gasteiger partial charge is 0.465 e. The normalized spacial score (nSPS) is 10.8. The Morgan fingerprint density at radius 3 is 1.56 bits per heavy atom. The van der Waals surface area contributed by atoms with Gasteiger partial charge in [-0.1, -0.05) is 48.5 Å². The molecule has 0 radical (unpaired) electrons. The molecule has 0 aliphatic heterocycles. The summed E-state index contributed by atoms with van der Waals surface area (Å²) in [5, 5.41) is 3.47. The monoisotopic (exact) mass is 460 g/mol. The molecule has 8 heteroatoms. The van der Waals surface area contributed by atoms with E-state index in [0.717, 1.165) is 44.6 Å². The summed E-state index contributed by atoms with van der Waals surface area (Å²) in [7, 11) is 4.51. The van der Waals surface area contributed by atoms with E-state index >= 15 is 0 Å². The van der Waals surface area contributed by atoms with Crippen LogP contribution in [0.3, 0.4) is 0 Å². The second kappa shape index (κ2) is 8.82. The predicted molar refractivity (Wildman–Crippen MR) is 124 cm³/mol. The number of ether oxygens (including phenoxy) is 4. The lowest BCUT2D eigenvalue weighted by Crippen LogP contribution is -2.23. The quantitative estimate of drug-likeness (QED) is 0.252. The van der Waals surface area contributed by atoms with Crippen molar-refractivity contribution < 1.29 is 38.1 Å². The lowest BCUT2D eigenvalue weighted by atomic mass is 9.85. The summed E-state index contributed by atoms with van der Waals surface area (Å²) in [6.07, 6.45) is 0. The minimum Gasteiger partial charge on any atom is -0.465 e. The van der Waals surface area contributed by atoms with Gasteiger partial charge in [0.05, 0.1) is 50.7 Å². The van der Waals surface area contributed by atoms with Crippen LogP contribution < -0.4 is 0 Å². The molecular formula is C26H20O8. The van der Waals surface area contributed by atoms with Crippen LogP contribution in [-0.2, 0) is 18.9 Å². The summed E-state index contributed by atoms with van der Waals surface area (Å²) in [5.41, 5.74) is -1.30. The lowest BCUT2D eigenvalue weighted by Gasteiger charge is -2.20. The molecule has 0 amide bonds. The molecule has 0 aliphatic carbocycles. The molecule has 0 saturated heterocycles. The van der Waals surface area contributed by atoms with Crippen molar-refractivity contribution in [3.8, 4) is 0 Å². The highest BCUT2D eigenvalue weighted by Crippen LogP contribution is 2.40. The number of benzene rings is 4. The van der Waals surface area contributed by atoms with Gasteiger partial charge in [-0.15, -0.1) is 0 Å². The van der Waals surface area contributed by atoms with Crippen LogP contribution in [0, 0.1) is 0 Å². The number of rotatable bonds is 4. The highest BCUT2D eigenvalue weighted by atomic mass is 16.5. The molecule has 0 unspecified atom stereocenters. The zero-order valence-electron chi connectivity index (χ0n) is 18.9. The molecular weight excluding hydrogens is 440 g/mol. The van der Waals surface area contributed by atoms with Gasteiger partial charge in [-0.2, -0.15) is 0 Å². The minimum atomic E-state index is -1.01. The number of hydrogen-bond donors (Lipinski definition) is 0. The average molecular weight is 460 g/mol. The molecule has 0 spiro atoms. The van der Waals surface area contributed by atoms with Crippen LogP contribution in [-0.4, -0.2) is 52.3 Å². The van der Waals surface area contributed by atoms with E-state index in [4.69, 9.17) is 18.9 Å². The number of fused-ring (bicyclic) bond motifs is 5. The molecule has 172 valence electrons. The van der Waals surface area contributed by atoms with E-state index in [1.165, 1.54) is 0 Å². The van der Waals surface area contributed by atoms with E-state index in [9.17, 15) is 19.2 Å². The molecule has 0 atom stereocenters. The second-order valence-electron chi connectivity index (χ2n) is 7.34. The van der Waals surface area contributed by atoms with E-state index in [1.54, 1.807) is 12.1 Å². The van der Waals surface area contributed by atoms with E-state index in [-0.39, 0.29) is 21.9 Å². The van der Waals surface area contributed by atoms with Gasteiger partial charge in [0.2, 0.25) is 0 Å². The van der Waals surface area contributed by atoms with Crippen LogP contribution in [0.25, 0.3) is 32.3 Å². The third kappa shape index (κ3) is 3.31. The van der Waals surface area contributed by atoms with Crippen LogP contribution >= 0.6 is 0 Å². The molecule has 4 rings (SSSR count). The van der Waals surface area contributed by atoms with Gasteiger partial charge in [-0.25, -0.2) is 19.2 Å². The standard InChI is InChI=1S/C26H20O8/c1-31-23(27)19-16-12-11-14-10-9-13-7-5-6-8-15(13)17(14)18(16)20(24(28)32-2)22(26(30)34-4)21(19)25(29)33-3/h5-12H,1-4H3. The van der Waals surface area contributed by atoms with Crippen molar-refractivity contribution in [2.45, 2.75) is 0 Å². The Balaban J connectivity index is 2.46. The maximum Gasteiger partial charge on any atom is 0.339 e. The summed E-state index contributed by atoms with van der Waals surface area (Å²) in [5.74, 6) is -3.78. The van der Waals surface area contributed by atoms with Crippen molar-refractivity contribution in [2.24, 2.45) is 0 Å². The Bertz CT molecular complexity index is 1520. The van der Waals surface area contributed by atoms with Crippen molar-refractivity contribution in [2.75, 3.05) is 28.4 Å². The Kier molecular flexibility index (Phi) is 5.89. The summed E-state index contributed by atoms with van der Waals surface area (Å²) >= 11 is 0. The first-order chi connectivity index (χ1) is 16.4. The zero-order valence-corrected chi connectivity index (χ0v) is 18.9. The SMILES string of the molecule is COC(=O)c1c(C(=O)OC)c(C(=O)OC)c2c(ccc3ccc4ccccc4c32)c1C(=O)OC. The maximum atomic E-state index is 13.2. The molecule has 0 bridgehead atoms. The summed E-state index contributed by atoms with van der Waals surface area (Å²) in [6, 6.07) is 14.6. The van der Waals surface area contributed by atoms with Crippen LogP contribution in [0.15, 0.2) is 48.5 Å². The first kappa shape index (κ1) is 22.7. The Hall–Kier alpha value is -4.46. The molecule has 0 saturated carbocycles. The van der Waals surface area contributed by atoms with E-state index in [1.807, 2.05) is 36.4 Å². The van der Waals surface area contributed by atoms with Crippen molar-refractivity contribution >= 4 is 56.2 Å². The van der Waals surface area contributed by atoms with Crippen molar-refractivity contribution in [3.05, 3.63) is 70.8 Å². The van der Waals surface area contributed by atoms with Crippen molar-refractivity contribution in [1.29, 1.82) is 0 Å². The molecule has 0 N–H and O–H groups in total. The van der Waals surface area contributed by atoms with Crippen LogP contribution in [0.2, 0.25) is 0 Å². The molecule has 0 aromatic heterocycles. The van der Waals surface area contributed by atoms with Crippen molar-refractivity contribution in [1.82, 2.24) is 0 Å². The van der Waals surface area contributed by atoms with Gasteiger partial charge in [0.15, 0.2) is 0 Å². The zero-order chi connectivity index (χ0) is 24.6. The third-order valence-electron chi connectivity index (χ3n) is 5.74. The second-order valence-corrected chi connectivity index (χ2v) is 7.34. The average Bonchev–Trinajstić information content (AvgIpc) is 2.89. The first-order valence-corrected chi connectivity index (χ1v) is 10.2. The van der Waals surface area contributed by atoms with E-state index in [2.05, 4.69) is 0 Å². The van der Waals surface area contributed by atoms with Crippen LogP contribution in [0.5, 0.6) is 0 Å². The molecule has 8 nitrogen and oxygen atoms in total. The topological polar surface area (TPSA) is 105 Å². The number of methoxy groups -OCH3 is 4.